The van der Waals surface area contributed by atoms with Crippen LogP contribution in [0.25, 0.3) is 5.69 Å². The molecule has 0 bridgehead atoms. The Morgan fingerprint density at radius 3 is 2.39 bits per heavy atom. The first-order valence-electron chi connectivity index (χ1n) is 5.90. The Balaban J connectivity index is 2.78. The van der Waals surface area contributed by atoms with Crippen LogP contribution in [0.3, 0.4) is 0 Å². The van der Waals surface area contributed by atoms with Gasteiger partial charge in [-0.25, -0.2) is 4.68 Å². The average Bonchev–Trinajstić information content (AvgIpc) is 2.56. The van der Waals surface area contributed by atoms with E-state index in [1.54, 1.807) is 0 Å². The summed E-state index contributed by atoms with van der Waals surface area (Å²) in [6, 6.07) is 5.78. The van der Waals surface area contributed by atoms with Crippen molar-refractivity contribution in [1.82, 2.24) is 9.78 Å². The first-order valence-corrected chi connectivity index (χ1v) is 5.90. The molecule has 0 aliphatic heterocycles. The van der Waals surface area contributed by atoms with E-state index in [-0.39, 0.29) is 5.84 Å². The number of aryl methyl sites for hydroxylation is 2. The van der Waals surface area contributed by atoms with Gasteiger partial charge in [0.05, 0.1) is 11.4 Å². The number of nitrogens with one attached hydrogen (secondary N) is 1. The fourth-order valence-electron chi connectivity index (χ4n) is 2.10. The van der Waals surface area contributed by atoms with Crippen LogP contribution in [0.5, 0.6) is 0 Å². The quantitative estimate of drug-likeness (QED) is 0.627. The van der Waals surface area contributed by atoms with Crippen LogP contribution in [0.15, 0.2) is 18.2 Å². The van der Waals surface area contributed by atoms with E-state index < -0.39 is 0 Å². The molecule has 1 aromatic heterocycles. The Bertz CT molecular complexity index is 623. The van der Waals surface area contributed by atoms with Crippen molar-refractivity contribution in [3.05, 3.63) is 46.3 Å². The van der Waals surface area contributed by atoms with Gasteiger partial charge >= 0.3 is 0 Å². The lowest BCUT2D eigenvalue weighted by atomic mass is 10.1. The van der Waals surface area contributed by atoms with Gasteiger partial charge in [-0.15, -0.1) is 0 Å². The Labute approximate surface area is 107 Å². The fourth-order valence-corrected chi connectivity index (χ4v) is 2.10. The summed E-state index contributed by atoms with van der Waals surface area (Å²) < 4.78 is 1.89. The molecule has 0 spiro atoms. The number of nitrogens with zero attached hydrogens (tertiary/aromatic N) is 2. The summed E-state index contributed by atoms with van der Waals surface area (Å²) in [5.74, 6) is 0.0684. The van der Waals surface area contributed by atoms with E-state index in [1.807, 2.05) is 43.7 Å². The van der Waals surface area contributed by atoms with Crippen molar-refractivity contribution in [3.8, 4) is 5.69 Å². The van der Waals surface area contributed by atoms with Gasteiger partial charge in [0.25, 0.3) is 0 Å². The third-order valence-electron chi connectivity index (χ3n) is 3.39. The van der Waals surface area contributed by atoms with Gasteiger partial charge in [0.15, 0.2) is 0 Å². The van der Waals surface area contributed by atoms with Gasteiger partial charge in [-0.2, -0.15) is 5.10 Å². The van der Waals surface area contributed by atoms with Crippen molar-refractivity contribution >= 4 is 5.84 Å². The van der Waals surface area contributed by atoms with E-state index in [4.69, 9.17) is 11.1 Å². The molecule has 0 aliphatic carbocycles. The largest absolute Gasteiger partial charge is 0.384 e. The first-order chi connectivity index (χ1) is 8.43. The predicted molar refractivity (Wildman–Crippen MR) is 73.5 cm³/mol. The molecule has 0 aliphatic rings. The number of hydrogen-bond donors (Lipinski definition) is 2. The minimum atomic E-state index is 0.0684. The minimum absolute atomic E-state index is 0.0684. The van der Waals surface area contributed by atoms with Crippen LogP contribution < -0.4 is 5.73 Å². The highest BCUT2D eigenvalue weighted by molar-refractivity contribution is 5.99. The van der Waals surface area contributed by atoms with Gasteiger partial charge in [0, 0.05) is 11.3 Å². The normalized spacial score (nSPS) is 10.7. The monoisotopic (exact) mass is 242 g/mol. The SMILES string of the molecule is Cc1cccc(C(=N)N)c1-n1nc(C)c(C)c1C. The highest BCUT2D eigenvalue weighted by atomic mass is 15.3. The zero-order valence-corrected chi connectivity index (χ0v) is 11.2. The topological polar surface area (TPSA) is 67.7 Å². The van der Waals surface area contributed by atoms with Gasteiger partial charge in [0.1, 0.15) is 5.84 Å². The molecule has 4 nitrogen and oxygen atoms in total. The van der Waals surface area contributed by atoms with Gasteiger partial charge in [-0.1, -0.05) is 12.1 Å². The van der Waals surface area contributed by atoms with E-state index in [1.165, 1.54) is 5.56 Å². The summed E-state index contributed by atoms with van der Waals surface area (Å²) in [5, 5.41) is 12.2. The highest BCUT2D eigenvalue weighted by Gasteiger charge is 2.15. The highest BCUT2D eigenvalue weighted by Crippen LogP contribution is 2.23. The van der Waals surface area contributed by atoms with Crippen LogP contribution >= 0.6 is 0 Å². The number of benzene rings is 1. The lowest BCUT2D eigenvalue weighted by Crippen LogP contribution is -2.16. The summed E-state index contributed by atoms with van der Waals surface area (Å²) in [4.78, 5) is 0. The number of nitrogens with two attached hydrogens (primary N) is 1. The molecule has 0 fully saturated rings. The molecule has 0 atom stereocenters. The number of hydrogen-bond acceptors (Lipinski definition) is 2. The molecule has 94 valence electrons. The van der Waals surface area contributed by atoms with Crippen LogP contribution in [-0.2, 0) is 0 Å². The molecular formula is C14H18N4. The van der Waals surface area contributed by atoms with Crippen LogP contribution in [0, 0.1) is 33.1 Å². The number of rotatable bonds is 2. The Kier molecular flexibility index (Phi) is 2.95. The third-order valence-corrected chi connectivity index (χ3v) is 3.39. The lowest BCUT2D eigenvalue weighted by Gasteiger charge is -2.13. The second-order valence-electron chi connectivity index (χ2n) is 4.59. The maximum absolute atomic E-state index is 7.69. The van der Waals surface area contributed by atoms with Crippen LogP contribution in [0.1, 0.15) is 28.1 Å². The summed E-state index contributed by atoms with van der Waals surface area (Å²) in [7, 11) is 0. The fraction of sp³-hybridized carbons (Fsp3) is 0.286. The molecule has 3 N–H and O–H groups in total. The number of nitrogen functional groups attached to an aromatic ring is 1. The third kappa shape index (κ3) is 1.79. The lowest BCUT2D eigenvalue weighted by molar-refractivity contribution is 0.825. The second kappa shape index (κ2) is 4.29. The summed E-state index contributed by atoms with van der Waals surface area (Å²) in [6.45, 7) is 8.09. The smallest absolute Gasteiger partial charge is 0.124 e. The second-order valence-corrected chi connectivity index (χ2v) is 4.59. The van der Waals surface area contributed by atoms with Gasteiger partial charge in [-0.3, -0.25) is 5.41 Å². The number of para-hydroxylation sites is 1. The van der Waals surface area contributed by atoms with E-state index in [2.05, 4.69) is 12.0 Å². The summed E-state index contributed by atoms with van der Waals surface area (Å²) in [5.41, 5.74) is 11.6. The Hall–Kier alpha value is -2.10. The van der Waals surface area contributed by atoms with Gasteiger partial charge in [-0.05, 0) is 44.9 Å². The first kappa shape index (κ1) is 12.4. The Morgan fingerprint density at radius 1 is 1.22 bits per heavy atom. The molecule has 0 saturated carbocycles. The standard InChI is InChI=1S/C14H18N4/c1-8-6-5-7-12(14(15)16)13(8)18-11(4)9(2)10(3)17-18/h5-7H,1-4H3,(H3,15,16). The van der Waals surface area contributed by atoms with Crippen molar-refractivity contribution < 1.29 is 0 Å². The summed E-state index contributed by atoms with van der Waals surface area (Å²) in [6.07, 6.45) is 0. The van der Waals surface area contributed by atoms with Crippen molar-refractivity contribution in [3.63, 3.8) is 0 Å². The molecule has 18 heavy (non-hydrogen) atoms. The molecule has 0 amide bonds. The molecule has 0 radical (unpaired) electrons. The van der Waals surface area contributed by atoms with Crippen LogP contribution in [0.2, 0.25) is 0 Å². The van der Waals surface area contributed by atoms with Crippen molar-refractivity contribution in [2.45, 2.75) is 27.7 Å². The molecule has 1 heterocycles. The van der Waals surface area contributed by atoms with Crippen LogP contribution in [-0.4, -0.2) is 15.6 Å². The molecule has 0 saturated heterocycles. The van der Waals surface area contributed by atoms with E-state index in [9.17, 15) is 0 Å². The number of aromatic nitrogens is 2. The minimum Gasteiger partial charge on any atom is -0.384 e. The van der Waals surface area contributed by atoms with Gasteiger partial charge in [0.2, 0.25) is 0 Å². The molecular weight excluding hydrogens is 224 g/mol. The van der Waals surface area contributed by atoms with E-state index in [0.717, 1.165) is 28.2 Å². The van der Waals surface area contributed by atoms with E-state index in [0.29, 0.717) is 0 Å². The molecule has 4 heteroatoms. The van der Waals surface area contributed by atoms with Crippen LogP contribution in [0.4, 0.5) is 0 Å². The zero-order valence-electron chi connectivity index (χ0n) is 11.2. The number of amidine groups is 1. The zero-order chi connectivity index (χ0) is 13.4. The predicted octanol–water partition coefficient (Wildman–Crippen LogP) is 2.39. The van der Waals surface area contributed by atoms with E-state index >= 15 is 0 Å². The molecule has 0 unspecified atom stereocenters. The van der Waals surface area contributed by atoms with Crippen molar-refractivity contribution in [1.29, 1.82) is 5.41 Å². The Morgan fingerprint density at radius 2 is 1.89 bits per heavy atom. The average molecular weight is 242 g/mol. The van der Waals surface area contributed by atoms with Crippen molar-refractivity contribution in [2.24, 2.45) is 5.73 Å². The molecule has 1 aromatic carbocycles. The van der Waals surface area contributed by atoms with Crippen molar-refractivity contribution in [2.75, 3.05) is 0 Å². The summed E-state index contributed by atoms with van der Waals surface area (Å²) >= 11 is 0. The molecule has 2 aromatic rings. The van der Waals surface area contributed by atoms with Gasteiger partial charge < -0.3 is 5.73 Å². The molecule has 2 rings (SSSR count). The maximum atomic E-state index is 7.69. The maximum Gasteiger partial charge on any atom is 0.124 e.